The van der Waals surface area contributed by atoms with Gasteiger partial charge in [-0.15, -0.1) is 0 Å². The Bertz CT molecular complexity index is 597. The maximum atomic E-state index is 11.8. The lowest BCUT2D eigenvalue weighted by atomic mass is 10.2. The molecule has 0 fully saturated rings. The van der Waals surface area contributed by atoms with E-state index in [1.807, 2.05) is 55.5 Å². The van der Waals surface area contributed by atoms with Crippen LogP contribution in [0.1, 0.15) is 11.1 Å². The van der Waals surface area contributed by atoms with E-state index in [4.69, 9.17) is 10.5 Å². The number of nitrogens with one attached hydrogen (secondary N) is 1. The molecule has 104 valence electrons. The predicted octanol–water partition coefficient (Wildman–Crippen LogP) is 2.47. The summed E-state index contributed by atoms with van der Waals surface area (Å²) < 4.78 is 5.44. The number of benzene rings is 2. The first-order valence-electron chi connectivity index (χ1n) is 6.46. The number of hydrogen-bond donors (Lipinski definition) is 2. The molecule has 3 N–H and O–H groups in total. The van der Waals surface area contributed by atoms with Crippen LogP contribution in [0.5, 0.6) is 5.75 Å². The zero-order valence-electron chi connectivity index (χ0n) is 11.4. The van der Waals surface area contributed by atoms with Gasteiger partial charge in [0.05, 0.1) is 0 Å². The van der Waals surface area contributed by atoms with Crippen molar-refractivity contribution in [2.45, 2.75) is 13.5 Å². The number of nitrogens with two attached hydrogens (primary N) is 1. The molecule has 4 heteroatoms. The lowest BCUT2D eigenvalue weighted by molar-refractivity contribution is -0.118. The van der Waals surface area contributed by atoms with Crippen LogP contribution in [0.25, 0.3) is 0 Å². The van der Waals surface area contributed by atoms with Crippen LogP contribution in [0.4, 0.5) is 5.69 Å². The molecule has 0 bridgehead atoms. The average Bonchev–Trinajstić information content (AvgIpc) is 2.45. The predicted molar refractivity (Wildman–Crippen MR) is 79.6 cm³/mol. The van der Waals surface area contributed by atoms with Crippen molar-refractivity contribution in [3.05, 3.63) is 59.7 Å². The Morgan fingerprint density at radius 2 is 2.00 bits per heavy atom. The first-order valence-corrected chi connectivity index (χ1v) is 6.46. The van der Waals surface area contributed by atoms with Crippen LogP contribution in [0, 0.1) is 6.92 Å². The summed E-state index contributed by atoms with van der Waals surface area (Å²) in [6.45, 7) is 2.41. The molecule has 2 aromatic carbocycles. The van der Waals surface area contributed by atoms with Gasteiger partial charge >= 0.3 is 0 Å². The van der Waals surface area contributed by atoms with Crippen LogP contribution in [0.15, 0.2) is 48.5 Å². The van der Waals surface area contributed by atoms with Crippen LogP contribution < -0.4 is 15.8 Å². The minimum atomic E-state index is -0.194. The van der Waals surface area contributed by atoms with Gasteiger partial charge in [0, 0.05) is 12.2 Å². The number of anilines is 1. The second-order valence-corrected chi connectivity index (χ2v) is 4.56. The molecule has 0 aliphatic heterocycles. The maximum Gasteiger partial charge on any atom is 0.262 e. The lowest BCUT2D eigenvalue weighted by Crippen LogP contribution is -2.20. The molecule has 0 heterocycles. The number of rotatable bonds is 5. The number of carbonyl (C=O) groups is 1. The van der Waals surface area contributed by atoms with Crippen LogP contribution in [0.2, 0.25) is 0 Å². The highest BCUT2D eigenvalue weighted by Crippen LogP contribution is 2.13. The Hall–Kier alpha value is -2.33. The maximum absolute atomic E-state index is 11.8. The van der Waals surface area contributed by atoms with E-state index in [9.17, 15) is 4.79 Å². The van der Waals surface area contributed by atoms with E-state index in [-0.39, 0.29) is 12.5 Å². The molecule has 20 heavy (non-hydrogen) atoms. The van der Waals surface area contributed by atoms with Gasteiger partial charge in [-0.2, -0.15) is 0 Å². The molecule has 0 aromatic heterocycles. The SMILES string of the molecule is Cc1cccc(OCC(=O)Nc2cccc(CN)c2)c1. The second kappa shape index (κ2) is 6.73. The van der Waals surface area contributed by atoms with E-state index in [0.29, 0.717) is 12.3 Å². The molecule has 0 radical (unpaired) electrons. The van der Waals surface area contributed by atoms with Gasteiger partial charge in [-0.3, -0.25) is 4.79 Å². The summed E-state index contributed by atoms with van der Waals surface area (Å²) in [6.07, 6.45) is 0. The van der Waals surface area contributed by atoms with Gasteiger partial charge in [0.15, 0.2) is 6.61 Å². The third kappa shape index (κ3) is 4.10. The number of ether oxygens (including phenoxy) is 1. The van der Waals surface area contributed by atoms with Crippen molar-refractivity contribution >= 4 is 11.6 Å². The van der Waals surface area contributed by atoms with Crippen molar-refractivity contribution in [3.63, 3.8) is 0 Å². The van der Waals surface area contributed by atoms with Crippen LogP contribution in [0.3, 0.4) is 0 Å². The smallest absolute Gasteiger partial charge is 0.262 e. The third-order valence-electron chi connectivity index (χ3n) is 2.81. The number of aryl methyl sites for hydroxylation is 1. The van der Waals surface area contributed by atoms with Gasteiger partial charge in [-0.1, -0.05) is 24.3 Å². The highest BCUT2D eigenvalue weighted by Gasteiger charge is 2.04. The molecule has 2 rings (SSSR count). The fraction of sp³-hybridized carbons (Fsp3) is 0.188. The molecular formula is C16H18N2O2. The normalized spacial score (nSPS) is 10.1. The zero-order valence-corrected chi connectivity index (χ0v) is 11.4. The van der Waals surface area contributed by atoms with Crippen LogP contribution in [-0.2, 0) is 11.3 Å². The Balaban J connectivity index is 1.89. The second-order valence-electron chi connectivity index (χ2n) is 4.56. The minimum Gasteiger partial charge on any atom is -0.484 e. The number of hydrogen-bond acceptors (Lipinski definition) is 3. The monoisotopic (exact) mass is 270 g/mol. The van der Waals surface area contributed by atoms with Gasteiger partial charge < -0.3 is 15.8 Å². The molecule has 1 amide bonds. The molecular weight excluding hydrogens is 252 g/mol. The number of amides is 1. The van der Waals surface area contributed by atoms with Crippen molar-refractivity contribution in [2.24, 2.45) is 5.73 Å². The average molecular weight is 270 g/mol. The highest BCUT2D eigenvalue weighted by atomic mass is 16.5. The van der Waals surface area contributed by atoms with E-state index in [1.165, 1.54) is 0 Å². The fourth-order valence-corrected chi connectivity index (χ4v) is 1.83. The van der Waals surface area contributed by atoms with Crippen LogP contribution in [-0.4, -0.2) is 12.5 Å². The van der Waals surface area contributed by atoms with Gasteiger partial charge in [-0.05, 0) is 42.3 Å². The van der Waals surface area contributed by atoms with Gasteiger partial charge in [-0.25, -0.2) is 0 Å². The van der Waals surface area contributed by atoms with Crippen molar-refractivity contribution in [1.82, 2.24) is 0 Å². The van der Waals surface area contributed by atoms with Crippen LogP contribution >= 0.6 is 0 Å². The summed E-state index contributed by atoms with van der Waals surface area (Å²) in [5.41, 5.74) is 8.36. The first-order chi connectivity index (χ1) is 9.67. The summed E-state index contributed by atoms with van der Waals surface area (Å²) in [5, 5.41) is 2.78. The first kappa shape index (κ1) is 14.1. The van der Waals surface area contributed by atoms with E-state index in [2.05, 4.69) is 5.32 Å². The summed E-state index contributed by atoms with van der Waals surface area (Å²) in [6, 6.07) is 15.0. The van der Waals surface area contributed by atoms with E-state index >= 15 is 0 Å². The Kier molecular flexibility index (Phi) is 4.74. The van der Waals surface area contributed by atoms with E-state index < -0.39 is 0 Å². The van der Waals surface area contributed by atoms with Crippen molar-refractivity contribution in [1.29, 1.82) is 0 Å². The van der Waals surface area contributed by atoms with Gasteiger partial charge in [0.25, 0.3) is 5.91 Å². The van der Waals surface area contributed by atoms with Gasteiger partial charge in [0.1, 0.15) is 5.75 Å². The summed E-state index contributed by atoms with van der Waals surface area (Å²) in [5.74, 6) is 0.497. The molecule has 0 spiro atoms. The zero-order chi connectivity index (χ0) is 14.4. The molecule has 2 aromatic rings. The molecule has 4 nitrogen and oxygen atoms in total. The van der Waals surface area contributed by atoms with E-state index in [0.717, 1.165) is 16.8 Å². The van der Waals surface area contributed by atoms with E-state index in [1.54, 1.807) is 0 Å². The van der Waals surface area contributed by atoms with Crippen molar-refractivity contribution in [3.8, 4) is 5.75 Å². The summed E-state index contributed by atoms with van der Waals surface area (Å²) in [7, 11) is 0. The fourth-order valence-electron chi connectivity index (χ4n) is 1.83. The third-order valence-corrected chi connectivity index (χ3v) is 2.81. The minimum absolute atomic E-state index is 0.0176. The molecule has 0 unspecified atom stereocenters. The highest BCUT2D eigenvalue weighted by molar-refractivity contribution is 5.91. The van der Waals surface area contributed by atoms with Crippen molar-refractivity contribution in [2.75, 3.05) is 11.9 Å². The Morgan fingerprint density at radius 3 is 2.75 bits per heavy atom. The Morgan fingerprint density at radius 1 is 1.20 bits per heavy atom. The molecule has 0 aliphatic rings. The molecule has 0 saturated carbocycles. The molecule has 0 aliphatic carbocycles. The lowest BCUT2D eigenvalue weighted by Gasteiger charge is -2.08. The molecule has 0 saturated heterocycles. The number of carbonyl (C=O) groups excluding carboxylic acids is 1. The standard InChI is InChI=1S/C16H18N2O2/c1-12-4-2-7-15(8-12)20-11-16(19)18-14-6-3-5-13(9-14)10-17/h2-9H,10-11,17H2,1H3,(H,18,19). The molecule has 0 atom stereocenters. The van der Waals surface area contributed by atoms with Gasteiger partial charge in [0.2, 0.25) is 0 Å². The Labute approximate surface area is 118 Å². The largest absolute Gasteiger partial charge is 0.484 e. The summed E-state index contributed by atoms with van der Waals surface area (Å²) >= 11 is 0. The van der Waals surface area contributed by atoms with Crippen molar-refractivity contribution < 1.29 is 9.53 Å². The quantitative estimate of drug-likeness (QED) is 0.877. The summed E-state index contributed by atoms with van der Waals surface area (Å²) in [4.78, 5) is 11.8. The topological polar surface area (TPSA) is 64.3 Å².